The monoisotopic (exact) mass is 450 g/mol. The molecule has 184 valence electrons. The quantitative estimate of drug-likeness (QED) is 0.465. The Bertz CT molecular complexity index is 740. The number of amides is 2. The standard InChI is InChI=1S/C13H16N4O3.C5H10.C3H8.2C2H6/c1-3-12(18)15-8-4-5-9-10(6-8)17-11(16-9)7-14-13(19)20-2;1-5-3-2-4-5;1-3-2;2*1-2/h4-6H,3,7H2,1-2H3,(H,14,19)(H,15,18)(H,16,17);5H,2-4H2,1H3;3H2,1-2H3;2*1-2H3. The van der Waals surface area contributed by atoms with Gasteiger partial charge >= 0.3 is 6.09 Å². The number of aromatic nitrogens is 2. The predicted octanol–water partition coefficient (Wildman–Crippen LogP) is 7.04. The first-order valence-electron chi connectivity index (χ1n) is 12.0. The molecule has 0 spiro atoms. The first-order chi connectivity index (χ1) is 15.4. The van der Waals surface area contributed by atoms with Crippen molar-refractivity contribution >= 4 is 28.7 Å². The number of nitrogens with zero attached hydrogens (tertiary/aromatic N) is 1. The van der Waals surface area contributed by atoms with Crippen LogP contribution >= 0.6 is 0 Å². The van der Waals surface area contributed by atoms with Crippen LogP contribution in [0.4, 0.5) is 10.5 Å². The zero-order valence-electron chi connectivity index (χ0n) is 21.7. The van der Waals surface area contributed by atoms with E-state index in [4.69, 9.17) is 0 Å². The minimum absolute atomic E-state index is 0.0450. The SMILES string of the molecule is CC.CC.CC1CCC1.CCC.CCC(=O)Nc1ccc2nc(CNC(=O)OC)[nH]c2c1. The molecule has 1 fully saturated rings. The van der Waals surface area contributed by atoms with Gasteiger partial charge in [0.2, 0.25) is 5.91 Å². The van der Waals surface area contributed by atoms with Crippen molar-refractivity contribution in [2.24, 2.45) is 5.92 Å². The molecule has 0 unspecified atom stereocenters. The normalized spacial score (nSPS) is 11.4. The van der Waals surface area contributed by atoms with E-state index in [2.05, 4.69) is 46.1 Å². The highest BCUT2D eigenvalue weighted by molar-refractivity contribution is 5.92. The molecule has 1 aliphatic carbocycles. The molecule has 7 heteroatoms. The van der Waals surface area contributed by atoms with Crippen LogP contribution in [0.1, 0.15) is 93.3 Å². The molecule has 1 saturated carbocycles. The van der Waals surface area contributed by atoms with Crippen LogP contribution in [-0.4, -0.2) is 29.1 Å². The van der Waals surface area contributed by atoms with Crippen molar-refractivity contribution < 1.29 is 14.3 Å². The van der Waals surface area contributed by atoms with Gasteiger partial charge in [-0.3, -0.25) is 4.79 Å². The van der Waals surface area contributed by atoms with Crippen LogP contribution in [0.3, 0.4) is 0 Å². The summed E-state index contributed by atoms with van der Waals surface area (Å²) in [6.45, 7) is 16.6. The van der Waals surface area contributed by atoms with Crippen molar-refractivity contribution in [2.45, 2.75) is 94.0 Å². The van der Waals surface area contributed by atoms with E-state index >= 15 is 0 Å². The lowest BCUT2D eigenvalue weighted by molar-refractivity contribution is -0.115. The molecule has 3 rings (SSSR count). The molecule has 1 aromatic carbocycles. The van der Waals surface area contributed by atoms with E-state index in [9.17, 15) is 9.59 Å². The summed E-state index contributed by atoms with van der Waals surface area (Å²) in [6.07, 6.45) is 5.62. The largest absolute Gasteiger partial charge is 0.453 e. The van der Waals surface area contributed by atoms with Gasteiger partial charge < -0.3 is 20.4 Å². The number of anilines is 1. The van der Waals surface area contributed by atoms with Crippen molar-refractivity contribution in [3.05, 3.63) is 24.0 Å². The Labute approximate surface area is 195 Å². The lowest BCUT2D eigenvalue weighted by Gasteiger charge is -2.18. The first kappa shape index (κ1) is 31.6. The number of hydrogen-bond acceptors (Lipinski definition) is 4. The maximum atomic E-state index is 11.3. The molecule has 32 heavy (non-hydrogen) atoms. The third kappa shape index (κ3) is 13.7. The summed E-state index contributed by atoms with van der Waals surface area (Å²) >= 11 is 0. The highest BCUT2D eigenvalue weighted by Gasteiger charge is 2.09. The summed E-state index contributed by atoms with van der Waals surface area (Å²) in [6, 6.07) is 5.39. The number of alkyl carbamates (subject to hydrolysis) is 1. The average molecular weight is 451 g/mol. The van der Waals surface area contributed by atoms with E-state index in [1.807, 2.05) is 27.7 Å². The van der Waals surface area contributed by atoms with E-state index in [1.165, 1.54) is 32.8 Å². The van der Waals surface area contributed by atoms with Gasteiger partial charge in [-0.1, -0.05) is 81.1 Å². The Morgan fingerprint density at radius 1 is 1.12 bits per heavy atom. The topological polar surface area (TPSA) is 96.1 Å². The van der Waals surface area contributed by atoms with Gasteiger partial charge in [0.15, 0.2) is 0 Å². The summed E-state index contributed by atoms with van der Waals surface area (Å²) in [4.78, 5) is 29.7. The minimum Gasteiger partial charge on any atom is -0.453 e. The number of carbonyl (C=O) groups excluding carboxylic acids is 2. The number of fused-ring (bicyclic) bond motifs is 1. The Kier molecular flexibility index (Phi) is 20.1. The Hall–Kier alpha value is -2.57. The van der Waals surface area contributed by atoms with Crippen molar-refractivity contribution in [1.82, 2.24) is 15.3 Å². The van der Waals surface area contributed by atoms with Crippen LogP contribution in [0.15, 0.2) is 18.2 Å². The van der Waals surface area contributed by atoms with Gasteiger partial charge in [0.1, 0.15) is 5.82 Å². The van der Waals surface area contributed by atoms with Crippen molar-refractivity contribution in [3.8, 4) is 0 Å². The van der Waals surface area contributed by atoms with Crippen molar-refractivity contribution in [2.75, 3.05) is 12.4 Å². The third-order valence-electron chi connectivity index (χ3n) is 4.12. The number of carbonyl (C=O) groups is 2. The van der Waals surface area contributed by atoms with Gasteiger partial charge in [-0.25, -0.2) is 9.78 Å². The molecule has 0 bridgehead atoms. The second-order valence-electron chi connectivity index (χ2n) is 6.91. The van der Waals surface area contributed by atoms with Gasteiger partial charge in [-0.15, -0.1) is 0 Å². The fourth-order valence-electron chi connectivity index (χ4n) is 2.31. The van der Waals surface area contributed by atoms with Crippen LogP contribution in [0.25, 0.3) is 11.0 Å². The third-order valence-corrected chi connectivity index (χ3v) is 4.12. The van der Waals surface area contributed by atoms with Gasteiger partial charge in [-0.2, -0.15) is 0 Å². The molecule has 3 N–H and O–H groups in total. The van der Waals surface area contributed by atoms with Crippen LogP contribution < -0.4 is 10.6 Å². The molecule has 7 nitrogen and oxygen atoms in total. The summed E-state index contributed by atoms with van der Waals surface area (Å²) < 4.78 is 4.48. The second-order valence-corrected chi connectivity index (χ2v) is 6.91. The average Bonchev–Trinajstić information content (AvgIpc) is 3.21. The Morgan fingerprint density at radius 3 is 2.12 bits per heavy atom. The number of hydrogen-bond donors (Lipinski definition) is 3. The molecule has 2 aromatic rings. The molecular weight excluding hydrogens is 404 g/mol. The fourth-order valence-corrected chi connectivity index (χ4v) is 2.31. The molecule has 0 aliphatic heterocycles. The maximum absolute atomic E-state index is 11.3. The number of imidazole rings is 1. The van der Waals surface area contributed by atoms with Gasteiger partial charge in [0.05, 0.1) is 24.7 Å². The van der Waals surface area contributed by atoms with Gasteiger partial charge in [-0.05, 0) is 24.1 Å². The zero-order chi connectivity index (χ0) is 24.9. The Balaban J connectivity index is 0. The zero-order valence-corrected chi connectivity index (χ0v) is 21.7. The van der Waals surface area contributed by atoms with Crippen LogP contribution in [0.5, 0.6) is 0 Å². The van der Waals surface area contributed by atoms with Gasteiger partial charge in [0.25, 0.3) is 0 Å². The number of ether oxygens (including phenoxy) is 1. The molecule has 0 atom stereocenters. The lowest BCUT2D eigenvalue weighted by Crippen LogP contribution is -2.22. The molecule has 0 radical (unpaired) electrons. The molecule has 1 heterocycles. The number of rotatable bonds is 4. The van der Waals surface area contributed by atoms with Crippen LogP contribution in [0.2, 0.25) is 0 Å². The number of benzene rings is 1. The summed E-state index contributed by atoms with van der Waals surface area (Å²) in [5.74, 6) is 1.64. The number of methoxy groups -OCH3 is 1. The Morgan fingerprint density at radius 2 is 1.69 bits per heavy atom. The maximum Gasteiger partial charge on any atom is 0.407 e. The summed E-state index contributed by atoms with van der Waals surface area (Å²) in [7, 11) is 1.30. The van der Waals surface area contributed by atoms with Gasteiger partial charge in [0, 0.05) is 12.1 Å². The highest BCUT2D eigenvalue weighted by Crippen LogP contribution is 2.24. The molecule has 1 aliphatic rings. The summed E-state index contributed by atoms with van der Waals surface area (Å²) in [5.41, 5.74) is 2.27. The molecular formula is C25H46N4O3. The van der Waals surface area contributed by atoms with Crippen LogP contribution in [-0.2, 0) is 16.1 Å². The van der Waals surface area contributed by atoms with Crippen molar-refractivity contribution in [1.29, 1.82) is 0 Å². The minimum atomic E-state index is -0.513. The number of nitrogens with one attached hydrogen (secondary N) is 3. The predicted molar refractivity (Wildman–Crippen MR) is 136 cm³/mol. The smallest absolute Gasteiger partial charge is 0.407 e. The number of aromatic amines is 1. The van der Waals surface area contributed by atoms with Crippen LogP contribution in [0, 0.1) is 5.92 Å². The summed E-state index contributed by atoms with van der Waals surface area (Å²) in [5, 5.41) is 5.32. The molecule has 1 aromatic heterocycles. The first-order valence-corrected chi connectivity index (χ1v) is 12.0. The van der Waals surface area contributed by atoms with E-state index in [0.29, 0.717) is 17.9 Å². The molecule has 2 amide bonds. The highest BCUT2D eigenvalue weighted by atomic mass is 16.5. The van der Waals surface area contributed by atoms with Crippen molar-refractivity contribution in [3.63, 3.8) is 0 Å². The van der Waals surface area contributed by atoms with E-state index in [1.54, 1.807) is 25.1 Å². The fraction of sp³-hybridized carbons (Fsp3) is 0.640. The molecule has 0 saturated heterocycles. The van der Waals surface area contributed by atoms with E-state index < -0.39 is 6.09 Å². The van der Waals surface area contributed by atoms with E-state index in [-0.39, 0.29) is 12.5 Å². The number of H-pyrrole nitrogens is 1. The van der Waals surface area contributed by atoms with E-state index in [0.717, 1.165) is 17.0 Å². The lowest BCUT2D eigenvalue weighted by atomic mass is 9.88. The second kappa shape index (κ2) is 20.3.